The van der Waals surface area contributed by atoms with E-state index in [9.17, 15) is 4.79 Å². The third-order valence-electron chi connectivity index (χ3n) is 3.98. The zero-order valence-electron chi connectivity index (χ0n) is 12.5. The second-order valence-corrected chi connectivity index (χ2v) is 6.59. The van der Waals surface area contributed by atoms with Crippen molar-refractivity contribution in [1.82, 2.24) is 15.5 Å². The normalized spacial score (nSPS) is 18.4. The zero-order valence-corrected chi connectivity index (χ0v) is 13.4. The lowest BCUT2D eigenvalue weighted by Gasteiger charge is -2.36. The highest BCUT2D eigenvalue weighted by molar-refractivity contribution is 7.10. The fourth-order valence-corrected chi connectivity index (χ4v) is 3.51. The van der Waals surface area contributed by atoms with Crippen LogP contribution in [-0.4, -0.2) is 48.8 Å². The molecule has 5 nitrogen and oxygen atoms in total. The molecule has 1 saturated heterocycles. The van der Waals surface area contributed by atoms with Crippen LogP contribution in [0.3, 0.4) is 0 Å². The zero-order chi connectivity index (χ0) is 15.1. The topological polar surface area (TPSA) is 64.6 Å². The molecule has 1 atom stereocenters. The smallest absolute Gasteiger partial charge is 0.314 e. The van der Waals surface area contributed by atoms with Crippen molar-refractivity contribution in [3.8, 4) is 0 Å². The second-order valence-electron chi connectivity index (χ2n) is 5.61. The van der Waals surface area contributed by atoms with E-state index >= 15 is 0 Å². The van der Waals surface area contributed by atoms with Crippen LogP contribution in [0.15, 0.2) is 17.5 Å². The van der Waals surface area contributed by atoms with Crippen LogP contribution in [0.5, 0.6) is 0 Å². The van der Waals surface area contributed by atoms with E-state index in [1.165, 1.54) is 17.7 Å². The van der Waals surface area contributed by atoms with Gasteiger partial charge >= 0.3 is 6.03 Å². The Morgan fingerprint density at radius 3 is 2.86 bits per heavy atom. The Kier molecular flexibility index (Phi) is 6.48. The average molecular weight is 311 g/mol. The summed E-state index contributed by atoms with van der Waals surface area (Å²) in [5.41, 5.74) is 0. The average Bonchev–Trinajstić information content (AvgIpc) is 3.01. The maximum Gasteiger partial charge on any atom is 0.314 e. The largest absolute Gasteiger partial charge is 0.395 e. The van der Waals surface area contributed by atoms with Gasteiger partial charge in [-0.15, -0.1) is 11.3 Å². The number of rotatable bonds is 6. The number of nitrogens with one attached hydrogen (secondary N) is 2. The van der Waals surface area contributed by atoms with Crippen LogP contribution in [0.25, 0.3) is 0 Å². The van der Waals surface area contributed by atoms with Crippen molar-refractivity contribution in [2.75, 3.05) is 32.8 Å². The lowest BCUT2D eigenvalue weighted by Crippen LogP contribution is -2.44. The second kappa shape index (κ2) is 8.36. The first-order chi connectivity index (χ1) is 10.2. The number of urea groups is 1. The number of amides is 2. The summed E-state index contributed by atoms with van der Waals surface area (Å²) in [6.45, 7) is 5.33. The van der Waals surface area contributed by atoms with Crippen molar-refractivity contribution in [1.29, 1.82) is 0 Å². The molecule has 0 spiro atoms. The summed E-state index contributed by atoms with van der Waals surface area (Å²) in [4.78, 5) is 15.4. The molecular formula is C15H25N3O2S. The Morgan fingerprint density at radius 2 is 2.24 bits per heavy atom. The summed E-state index contributed by atoms with van der Waals surface area (Å²) >= 11 is 1.74. The van der Waals surface area contributed by atoms with Gasteiger partial charge in [0.2, 0.25) is 0 Å². The first kappa shape index (κ1) is 16.3. The van der Waals surface area contributed by atoms with Crippen molar-refractivity contribution in [3.05, 3.63) is 22.4 Å². The Labute approximate surface area is 130 Å². The standard InChI is InChI=1S/C15H25N3O2S/c1-12-4-7-18(8-5-12)13(14-3-2-10-21-14)11-17-15(20)16-6-9-19/h2-3,10,12-13,19H,4-9,11H2,1H3,(H2,16,17,20)/t13-/m1/s1. The molecule has 1 aromatic heterocycles. The number of piperidine rings is 1. The number of carbonyl (C=O) groups excluding carboxylic acids is 1. The summed E-state index contributed by atoms with van der Waals surface area (Å²) < 4.78 is 0. The van der Waals surface area contributed by atoms with Crippen LogP contribution in [0.1, 0.15) is 30.7 Å². The van der Waals surface area contributed by atoms with E-state index in [0.717, 1.165) is 19.0 Å². The summed E-state index contributed by atoms with van der Waals surface area (Å²) in [5.74, 6) is 0.797. The molecule has 0 bridgehead atoms. The molecule has 1 aliphatic heterocycles. The van der Waals surface area contributed by atoms with Crippen molar-refractivity contribution >= 4 is 17.4 Å². The number of nitrogens with zero attached hydrogens (tertiary/aromatic N) is 1. The predicted molar refractivity (Wildman–Crippen MR) is 85.5 cm³/mol. The molecular weight excluding hydrogens is 286 g/mol. The third kappa shape index (κ3) is 4.98. The van der Waals surface area contributed by atoms with Gasteiger partial charge in [-0.25, -0.2) is 4.79 Å². The maximum atomic E-state index is 11.7. The van der Waals surface area contributed by atoms with E-state index in [1.54, 1.807) is 11.3 Å². The van der Waals surface area contributed by atoms with Gasteiger partial charge in [0.1, 0.15) is 0 Å². The highest BCUT2D eigenvalue weighted by Gasteiger charge is 2.25. The minimum Gasteiger partial charge on any atom is -0.395 e. The monoisotopic (exact) mass is 311 g/mol. The summed E-state index contributed by atoms with van der Waals surface area (Å²) in [6.07, 6.45) is 2.44. The van der Waals surface area contributed by atoms with Crippen LogP contribution >= 0.6 is 11.3 Å². The molecule has 3 N–H and O–H groups in total. The Balaban J connectivity index is 1.92. The van der Waals surface area contributed by atoms with Gasteiger partial charge < -0.3 is 15.7 Å². The minimum absolute atomic E-state index is 0.0359. The van der Waals surface area contributed by atoms with E-state index < -0.39 is 0 Å². The first-order valence-corrected chi connectivity index (χ1v) is 8.48. The van der Waals surface area contributed by atoms with Crippen LogP contribution < -0.4 is 10.6 Å². The Bertz CT molecular complexity index is 417. The SMILES string of the molecule is CC1CCN([C@H](CNC(=O)NCCO)c2cccs2)CC1. The number of hydrogen-bond donors (Lipinski definition) is 3. The van der Waals surface area contributed by atoms with E-state index in [4.69, 9.17) is 5.11 Å². The molecule has 6 heteroatoms. The van der Waals surface area contributed by atoms with Gasteiger partial charge in [0.15, 0.2) is 0 Å². The highest BCUT2D eigenvalue weighted by atomic mass is 32.1. The van der Waals surface area contributed by atoms with Crippen LogP contribution in [0.2, 0.25) is 0 Å². The molecule has 2 amide bonds. The van der Waals surface area contributed by atoms with Crippen molar-refractivity contribution < 1.29 is 9.90 Å². The van der Waals surface area contributed by atoms with Gasteiger partial charge in [0, 0.05) is 18.0 Å². The molecule has 0 aromatic carbocycles. The van der Waals surface area contributed by atoms with E-state index in [-0.39, 0.29) is 25.2 Å². The number of hydrogen-bond acceptors (Lipinski definition) is 4. The quantitative estimate of drug-likeness (QED) is 0.751. The van der Waals surface area contributed by atoms with Gasteiger partial charge in [-0.2, -0.15) is 0 Å². The number of aliphatic hydroxyl groups excluding tert-OH is 1. The van der Waals surface area contributed by atoms with Crippen molar-refractivity contribution in [2.45, 2.75) is 25.8 Å². The lowest BCUT2D eigenvalue weighted by molar-refractivity contribution is 0.138. The Hall–Kier alpha value is -1.11. The third-order valence-corrected chi connectivity index (χ3v) is 4.96. The molecule has 0 unspecified atom stereocenters. The number of thiophene rings is 1. The summed E-state index contributed by atoms with van der Waals surface area (Å²) in [7, 11) is 0. The fraction of sp³-hybridized carbons (Fsp3) is 0.667. The van der Waals surface area contributed by atoms with E-state index in [0.29, 0.717) is 6.54 Å². The summed E-state index contributed by atoms with van der Waals surface area (Å²) in [5, 5.41) is 16.4. The molecule has 0 aliphatic carbocycles. The summed E-state index contributed by atoms with van der Waals surface area (Å²) in [6, 6.07) is 4.24. The van der Waals surface area contributed by atoms with Gasteiger partial charge in [0.25, 0.3) is 0 Å². The Morgan fingerprint density at radius 1 is 1.48 bits per heavy atom. The van der Waals surface area contributed by atoms with Crippen molar-refractivity contribution in [2.24, 2.45) is 5.92 Å². The van der Waals surface area contributed by atoms with Crippen LogP contribution in [-0.2, 0) is 0 Å². The maximum absolute atomic E-state index is 11.7. The molecule has 2 rings (SSSR count). The highest BCUT2D eigenvalue weighted by Crippen LogP contribution is 2.28. The fourth-order valence-electron chi connectivity index (χ4n) is 2.65. The van der Waals surface area contributed by atoms with Crippen LogP contribution in [0, 0.1) is 5.92 Å². The number of likely N-dealkylation sites (tertiary alicyclic amines) is 1. The first-order valence-electron chi connectivity index (χ1n) is 7.60. The lowest BCUT2D eigenvalue weighted by atomic mass is 9.97. The van der Waals surface area contributed by atoms with Gasteiger partial charge in [-0.05, 0) is 43.3 Å². The molecule has 0 saturated carbocycles. The minimum atomic E-state index is -0.212. The molecule has 1 aliphatic rings. The van der Waals surface area contributed by atoms with E-state index in [1.807, 2.05) is 0 Å². The molecule has 118 valence electrons. The van der Waals surface area contributed by atoms with E-state index in [2.05, 4.69) is 40.0 Å². The van der Waals surface area contributed by atoms with Gasteiger partial charge in [-0.1, -0.05) is 13.0 Å². The van der Waals surface area contributed by atoms with Crippen LogP contribution in [0.4, 0.5) is 4.79 Å². The molecule has 0 radical (unpaired) electrons. The molecule has 21 heavy (non-hydrogen) atoms. The molecule has 2 heterocycles. The van der Waals surface area contributed by atoms with Crippen molar-refractivity contribution in [3.63, 3.8) is 0 Å². The number of carbonyl (C=O) groups is 1. The molecule has 1 aromatic rings. The number of aliphatic hydroxyl groups is 1. The van der Waals surface area contributed by atoms with Gasteiger partial charge in [0.05, 0.1) is 12.6 Å². The van der Waals surface area contributed by atoms with Gasteiger partial charge in [-0.3, -0.25) is 4.90 Å². The predicted octanol–water partition coefficient (Wildman–Crippen LogP) is 1.81. The molecule has 1 fully saturated rings.